The smallest absolute Gasteiger partial charge is 0.230 e. The molecule has 0 fully saturated rings. The molecule has 94 valence electrons. The van der Waals surface area contributed by atoms with E-state index in [0.717, 1.165) is 15.3 Å². The summed E-state index contributed by atoms with van der Waals surface area (Å²) in [5, 5.41) is 3.60. The lowest BCUT2D eigenvalue weighted by Gasteiger charge is -2.03. The van der Waals surface area contributed by atoms with Crippen molar-refractivity contribution in [3.8, 4) is 0 Å². The summed E-state index contributed by atoms with van der Waals surface area (Å²) in [5.41, 5.74) is 0. The van der Waals surface area contributed by atoms with E-state index in [1.807, 2.05) is 18.2 Å². The minimum atomic E-state index is -0.0406. The molecule has 0 atom stereocenters. The molecule has 0 bridgehead atoms. The first-order valence-electron chi connectivity index (χ1n) is 5.27. The number of hydrogen-bond donors (Lipinski definition) is 1. The van der Waals surface area contributed by atoms with E-state index in [4.69, 9.17) is 4.42 Å². The summed E-state index contributed by atoms with van der Waals surface area (Å²) in [5.74, 6) is 1.05. The molecule has 4 nitrogen and oxygen atoms in total. The monoisotopic (exact) mass is 326 g/mol. The molecule has 1 N–H and O–H groups in total. The van der Waals surface area contributed by atoms with Gasteiger partial charge in [-0.1, -0.05) is 11.8 Å². The highest BCUT2D eigenvalue weighted by molar-refractivity contribution is 9.10. The topological polar surface area (TPSA) is 55.1 Å². The number of furan rings is 1. The molecule has 6 heteroatoms. The lowest BCUT2D eigenvalue weighted by atomic mass is 10.4. The zero-order chi connectivity index (χ0) is 12.8. The van der Waals surface area contributed by atoms with Crippen molar-refractivity contribution in [1.82, 2.24) is 10.3 Å². The molecule has 0 unspecified atom stereocenters. The Hall–Kier alpha value is -1.27. The molecule has 2 aromatic heterocycles. The van der Waals surface area contributed by atoms with Crippen LogP contribution in [0.2, 0.25) is 0 Å². The standard InChI is InChI=1S/C12H11BrN2O2S/c13-9-3-4-12(15-6-9)18-8-11(16)14-7-10-2-1-5-17-10/h1-6H,7-8H2,(H,14,16). The van der Waals surface area contributed by atoms with Crippen LogP contribution in [0, 0.1) is 0 Å². The van der Waals surface area contributed by atoms with Gasteiger partial charge in [-0.05, 0) is 40.2 Å². The maximum Gasteiger partial charge on any atom is 0.230 e. The van der Waals surface area contributed by atoms with Crippen LogP contribution in [0.5, 0.6) is 0 Å². The van der Waals surface area contributed by atoms with Crippen molar-refractivity contribution < 1.29 is 9.21 Å². The Kier molecular flexibility index (Phi) is 4.83. The quantitative estimate of drug-likeness (QED) is 0.858. The van der Waals surface area contributed by atoms with E-state index in [2.05, 4.69) is 26.2 Å². The highest BCUT2D eigenvalue weighted by atomic mass is 79.9. The van der Waals surface area contributed by atoms with E-state index in [1.165, 1.54) is 11.8 Å². The number of carbonyl (C=O) groups excluding carboxylic acids is 1. The summed E-state index contributed by atoms with van der Waals surface area (Å²) in [4.78, 5) is 15.7. The van der Waals surface area contributed by atoms with Crippen molar-refractivity contribution >= 4 is 33.6 Å². The first-order valence-corrected chi connectivity index (χ1v) is 7.05. The molecule has 0 aliphatic heterocycles. The fraction of sp³-hybridized carbons (Fsp3) is 0.167. The number of carbonyl (C=O) groups is 1. The highest BCUT2D eigenvalue weighted by Gasteiger charge is 2.04. The van der Waals surface area contributed by atoms with Crippen LogP contribution >= 0.6 is 27.7 Å². The second-order valence-corrected chi connectivity index (χ2v) is 5.37. The number of pyridine rings is 1. The molecule has 2 aromatic rings. The Morgan fingerprint density at radius 3 is 3.00 bits per heavy atom. The molecule has 18 heavy (non-hydrogen) atoms. The SMILES string of the molecule is O=C(CSc1ccc(Br)cn1)NCc1ccco1. The van der Waals surface area contributed by atoms with Crippen molar-refractivity contribution in [1.29, 1.82) is 0 Å². The van der Waals surface area contributed by atoms with Crippen LogP contribution in [0.1, 0.15) is 5.76 Å². The predicted molar refractivity (Wildman–Crippen MR) is 73.2 cm³/mol. The fourth-order valence-corrected chi connectivity index (χ4v) is 2.14. The Labute approximate surface area is 117 Å². The number of nitrogens with zero attached hydrogens (tertiary/aromatic N) is 1. The van der Waals surface area contributed by atoms with Gasteiger partial charge in [-0.2, -0.15) is 0 Å². The van der Waals surface area contributed by atoms with Crippen molar-refractivity contribution in [2.75, 3.05) is 5.75 Å². The molecular formula is C12H11BrN2O2S. The molecule has 0 aliphatic carbocycles. The molecule has 2 rings (SSSR count). The average Bonchev–Trinajstić information content (AvgIpc) is 2.89. The van der Waals surface area contributed by atoms with Gasteiger partial charge >= 0.3 is 0 Å². The second-order valence-electron chi connectivity index (χ2n) is 3.46. The van der Waals surface area contributed by atoms with Gasteiger partial charge in [-0.25, -0.2) is 4.98 Å². The number of aromatic nitrogens is 1. The van der Waals surface area contributed by atoms with E-state index in [9.17, 15) is 4.79 Å². The Bertz CT molecular complexity index is 499. The lowest BCUT2D eigenvalue weighted by molar-refractivity contribution is -0.118. The van der Waals surface area contributed by atoms with Crippen molar-refractivity contribution in [3.63, 3.8) is 0 Å². The zero-order valence-corrected chi connectivity index (χ0v) is 11.8. The summed E-state index contributed by atoms with van der Waals surface area (Å²) in [6.07, 6.45) is 3.30. The number of hydrogen-bond acceptors (Lipinski definition) is 4. The van der Waals surface area contributed by atoms with Gasteiger partial charge in [0, 0.05) is 10.7 Å². The Balaban J connectivity index is 1.73. The van der Waals surface area contributed by atoms with Crippen molar-refractivity contribution in [3.05, 3.63) is 47.0 Å². The van der Waals surface area contributed by atoms with Gasteiger partial charge in [0.25, 0.3) is 0 Å². The van der Waals surface area contributed by atoms with E-state index >= 15 is 0 Å². The van der Waals surface area contributed by atoms with Crippen LogP contribution in [-0.4, -0.2) is 16.6 Å². The van der Waals surface area contributed by atoms with Crippen LogP contribution in [0.25, 0.3) is 0 Å². The highest BCUT2D eigenvalue weighted by Crippen LogP contribution is 2.17. The van der Waals surface area contributed by atoms with Gasteiger partial charge in [0.2, 0.25) is 5.91 Å². The number of halogens is 1. The minimum absolute atomic E-state index is 0.0406. The van der Waals surface area contributed by atoms with Gasteiger partial charge in [-0.15, -0.1) is 0 Å². The number of thioether (sulfide) groups is 1. The summed E-state index contributed by atoms with van der Waals surface area (Å²) in [7, 11) is 0. The van der Waals surface area contributed by atoms with Crippen LogP contribution in [-0.2, 0) is 11.3 Å². The number of nitrogens with one attached hydrogen (secondary N) is 1. The normalized spacial score (nSPS) is 10.3. The third-order valence-electron chi connectivity index (χ3n) is 2.09. The molecule has 0 aliphatic rings. The minimum Gasteiger partial charge on any atom is -0.467 e. The molecule has 0 saturated heterocycles. The van der Waals surface area contributed by atoms with Gasteiger partial charge in [0.15, 0.2) is 0 Å². The van der Waals surface area contributed by atoms with Crippen LogP contribution < -0.4 is 5.32 Å². The summed E-state index contributed by atoms with van der Waals surface area (Å²) < 4.78 is 6.05. The third-order valence-corrected chi connectivity index (χ3v) is 3.50. The van der Waals surface area contributed by atoms with E-state index in [1.54, 1.807) is 18.5 Å². The van der Waals surface area contributed by atoms with E-state index in [0.29, 0.717) is 12.3 Å². The Morgan fingerprint density at radius 2 is 2.33 bits per heavy atom. The van der Waals surface area contributed by atoms with Gasteiger partial charge in [0.05, 0.1) is 23.6 Å². The number of amides is 1. The first-order chi connectivity index (χ1) is 8.74. The molecule has 0 aromatic carbocycles. The Morgan fingerprint density at radius 1 is 1.44 bits per heavy atom. The summed E-state index contributed by atoms with van der Waals surface area (Å²) in [6, 6.07) is 7.39. The fourth-order valence-electron chi connectivity index (χ4n) is 1.24. The molecule has 1 amide bonds. The van der Waals surface area contributed by atoms with Crippen molar-refractivity contribution in [2.45, 2.75) is 11.6 Å². The van der Waals surface area contributed by atoms with Gasteiger partial charge in [-0.3, -0.25) is 4.79 Å². The van der Waals surface area contributed by atoms with Crippen LogP contribution in [0.15, 0.2) is 50.6 Å². The summed E-state index contributed by atoms with van der Waals surface area (Å²) >= 11 is 4.71. The third kappa shape index (κ3) is 4.19. The number of rotatable bonds is 5. The average molecular weight is 327 g/mol. The maximum atomic E-state index is 11.6. The molecule has 0 radical (unpaired) electrons. The van der Waals surface area contributed by atoms with Crippen molar-refractivity contribution in [2.24, 2.45) is 0 Å². The zero-order valence-electron chi connectivity index (χ0n) is 9.43. The summed E-state index contributed by atoms with van der Waals surface area (Å²) in [6.45, 7) is 0.417. The first kappa shape index (κ1) is 13.2. The largest absolute Gasteiger partial charge is 0.467 e. The molecule has 2 heterocycles. The second kappa shape index (κ2) is 6.61. The van der Waals surface area contributed by atoms with E-state index < -0.39 is 0 Å². The molecular weight excluding hydrogens is 316 g/mol. The molecule has 0 saturated carbocycles. The van der Waals surface area contributed by atoms with E-state index in [-0.39, 0.29) is 5.91 Å². The van der Waals surface area contributed by atoms with Gasteiger partial charge in [0.1, 0.15) is 5.76 Å². The van der Waals surface area contributed by atoms with Crippen LogP contribution in [0.4, 0.5) is 0 Å². The van der Waals surface area contributed by atoms with Crippen LogP contribution in [0.3, 0.4) is 0 Å². The predicted octanol–water partition coefficient (Wildman–Crippen LogP) is 2.85. The molecule has 0 spiro atoms. The lowest BCUT2D eigenvalue weighted by Crippen LogP contribution is -2.24. The van der Waals surface area contributed by atoms with Gasteiger partial charge < -0.3 is 9.73 Å². The maximum absolute atomic E-state index is 11.6.